The van der Waals surface area contributed by atoms with E-state index in [1.165, 1.54) is 25.0 Å². The third kappa shape index (κ3) is 3.48. The van der Waals surface area contributed by atoms with Crippen LogP contribution in [-0.4, -0.2) is 23.5 Å². The number of rotatable bonds is 3. The van der Waals surface area contributed by atoms with Crippen LogP contribution in [0.5, 0.6) is 0 Å². The number of thioether (sulfide) groups is 1. The van der Waals surface area contributed by atoms with Gasteiger partial charge < -0.3 is 5.32 Å². The van der Waals surface area contributed by atoms with Gasteiger partial charge in [-0.1, -0.05) is 13.3 Å². The van der Waals surface area contributed by atoms with Crippen LogP contribution in [-0.2, 0) is 4.79 Å². The molecule has 0 saturated carbocycles. The molecule has 1 rings (SSSR count). The van der Waals surface area contributed by atoms with Crippen molar-refractivity contribution in [3.63, 3.8) is 0 Å². The lowest BCUT2D eigenvalue weighted by molar-refractivity contribution is -0.120. The smallest absolute Gasteiger partial charge is 0.219 e. The zero-order valence-electron chi connectivity index (χ0n) is 7.64. The molecule has 12 heavy (non-hydrogen) atoms. The SMILES string of the molecule is CCC(=O)NCC1CCCCS1. The van der Waals surface area contributed by atoms with Crippen LogP contribution in [0.3, 0.4) is 0 Å². The number of hydrogen-bond acceptors (Lipinski definition) is 2. The monoisotopic (exact) mass is 187 g/mol. The van der Waals surface area contributed by atoms with Crippen molar-refractivity contribution in [1.82, 2.24) is 5.32 Å². The van der Waals surface area contributed by atoms with E-state index in [-0.39, 0.29) is 5.91 Å². The lowest BCUT2D eigenvalue weighted by Gasteiger charge is -2.21. The van der Waals surface area contributed by atoms with Gasteiger partial charge in [-0.2, -0.15) is 11.8 Å². The van der Waals surface area contributed by atoms with Crippen LogP contribution >= 0.6 is 11.8 Å². The van der Waals surface area contributed by atoms with Crippen LogP contribution < -0.4 is 5.32 Å². The summed E-state index contributed by atoms with van der Waals surface area (Å²) in [5.41, 5.74) is 0. The summed E-state index contributed by atoms with van der Waals surface area (Å²) < 4.78 is 0. The number of carbonyl (C=O) groups is 1. The van der Waals surface area contributed by atoms with Gasteiger partial charge in [0.2, 0.25) is 5.91 Å². The predicted molar refractivity (Wildman–Crippen MR) is 53.4 cm³/mol. The molecule has 0 bridgehead atoms. The van der Waals surface area contributed by atoms with Gasteiger partial charge in [-0.25, -0.2) is 0 Å². The third-order valence-electron chi connectivity index (χ3n) is 2.12. The molecule has 1 saturated heterocycles. The van der Waals surface area contributed by atoms with Crippen molar-refractivity contribution < 1.29 is 4.79 Å². The Hall–Kier alpha value is -0.180. The number of carbonyl (C=O) groups excluding carboxylic acids is 1. The molecule has 1 unspecified atom stereocenters. The molecule has 1 heterocycles. The summed E-state index contributed by atoms with van der Waals surface area (Å²) in [5, 5.41) is 3.62. The highest BCUT2D eigenvalue weighted by Gasteiger charge is 2.13. The molecule has 0 aromatic heterocycles. The van der Waals surface area contributed by atoms with Gasteiger partial charge in [-0.15, -0.1) is 0 Å². The maximum absolute atomic E-state index is 10.9. The minimum atomic E-state index is 0.182. The van der Waals surface area contributed by atoms with Gasteiger partial charge in [-0.3, -0.25) is 4.79 Å². The highest BCUT2D eigenvalue weighted by molar-refractivity contribution is 7.99. The molecule has 0 aromatic rings. The molecule has 0 aromatic carbocycles. The Labute approximate surface area is 78.5 Å². The average molecular weight is 187 g/mol. The summed E-state index contributed by atoms with van der Waals surface area (Å²) in [6.07, 6.45) is 4.56. The molecule has 1 amide bonds. The van der Waals surface area contributed by atoms with Gasteiger partial charge in [0, 0.05) is 18.2 Å². The maximum Gasteiger partial charge on any atom is 0.219 e. The van der Waals surface area contributed by atoms with E-state index in [2.05, 4.69) is 5.32 Å². The first-order valence-corrected chi connectivity index (χ1v) is 5.76. The predicted octanol–water partition coefficient (Wildman–Crippen LogP) is 1.80. The number of amides is 1. The van der Waals surface area contributed by atoms with Crippen LogP contribution in [0.25, 0.3) is 0 Å². The quantitative estimate of drug-likeness (QED) is 0.730. The van der Waals surface area contributed by atoms with Crippen molar-refractivity contribution in [1.29, 1.82) is 0 Å². The van der Waals surface area contributed by atoms with Gasteiger partial charge in [-0.05, 0) is 18.6 Å². The van der Waals surface area contributed by atoms with Crippen LogP contribution in [0.1, 0.15) is 32.6 Å². The zero-order chi connectivity index (χ0) is 8.81. The first kappa shape index (κ1) is 9.90. The van der Waals surface area contributed by atoms with E-state index in [4.69, 9.17) is 0 Å². The van der Waals surface area contributed by atoms with Crippen LogP contribution in [0.4, 0.5) is 0 Å². The van der Waals surface area contributed by atoms with Gasteiger partial charge in [0.1, 0.15) is 0 Å². The molecule has 1 fully saturated rings. The van der Waals surface area contributed by atoms with Crippen molar-refractivity contribution in [3.8, 4) is 0 Å². The van der Waals surface area contributed by atoms with Crippen LogP contribution in [0.15, 0.2) is 0 Å². The van der Waals surface area contributed by atoms with E-state index in [1.807, 2.05) is 18.7 Å². The standard InChI is InChI=1S/C9H17NOS/c1-2-9(11)10-7-8-5-3-4-6-12-8/h8H,2-7H2,1H3,(H,10,11). The zero-order valence-corrected chi connectivity index (χ0v) is 8.45. The summed E-state index contributed by atoms with van der Waals surface area (Å²) in [5.74, 6) is 1.45. The Balaban J connectivity index is 2.09. The Morgan fingerprint density at radius 1 is 1.58 bits per heavy atom. The Kier molecular flexibility index (Phi) is 4.51. The number of hydrogen-bond donors (Lipinski definition) is 1. The van der Waals surface area contributed by atoms with Crippen LogP contribution in [0.2, 0.25) is 0 Å². The van der Waals surface area contributed by atoms with E-state index in [9.17, 15) is 4.79 Å². The topological polar surface area (TPSA) is 29.1 Å². The summed E-state index contributed by atoms with van der Waals surface area (Å²) in [7, 11) is 0. The average Bonchev–Trinajstić information content (AvgIpc) is 2.16. The lowest BCUT2D eigenvalue weighted by Crippen LogP contribution is -2.31. The molecule has 0 spiro atoms. The van der Waals surface area contributed by atoms with Crippen LogP contribution in [0, 0.1) is 0 Å². The molecule has 3 heteroatoms. The third-order valence-corrected chi connectivity index (χ3v) is 3.52. The lowest BCUT2D eigenvalue weighted by atomic mass is 10.2. The van der Waals surface area contributed by atoms with E-state index in [0.717, 1.165) is 6.54 Å². The van der Waals surface area contributed by atoms with Crippen molar-refractivity contribution >= 4 is 17.7 Å². The molecule has 0 radical (unpaired) electrons. The molecule has 2 nitrogen and oxygen atoms in total. The maximum atomic E-state index is 10.9. The van der Waals surface area contributed by atoms with E-state index in [0.29, 0.717) is 11.7 Å². The van der Waals surface area contributed by atoms with E-state index < -0.39 is 0 Å². The molecule has 1 aliphatic rings. The van der Waals surface area contributed by atoms with Gasteiger partial charge in [0.05, 0.1) is 0 Å². The van der Waals surface area contributed by atoms with Crippen molar-refractivity contribution in [2.45, 2.75) is 37.9 Å². The summed E-state index contributed by atoms with van der Waals surface area (Å²) in [6, 6.07) is 0. The molecule has 0 aliphatic carbocycles. The fourth-order valence-electron chi connectivity index (χ4n) is 1.32. The Morgan fingerprint density at radius 2 is 2.42 bits per heavy atom. The van der Waals surface area contributed by atoms with Crippen molar-refractivity contribution in [3.05, 3.63) is 0 Å². The van der Waals surface area contributed by atoms with Crippen molar-refractivity contribution in [2.75, 3.05) is 12.3 Å². The minimum Gasteiger partial charge on any atom is -0.355 e. The minimum absolute atomic E-state index is 0.182. The highest BCUT2D eigenvalue weighted by Crippen LogP contribution is 2.24. The highest BCUT2D eigenvalue weighted by atomic mass is 32.2. The Bertz CT molecular complexity index is 143. The van der Waals surface area contributed by atoms with E-state index >= 15 is 0 Å². The van der Waals surface area contributed by atoms with Gasteiger partial charge in [0.15, 0.2) is 0 Å². The summed E-state index contributed by atoms with van der Waals surface area (Å²) >= 11 is 2.00. The second-order valence-corrected chi connectivity index (χ2v) is 4.55. The Morgan fingerprint density at radius 3 is 3.00 bits per heavy atom. The second-order valence-electron chi connectivity index (χ2n) is 3.15. The van der Waals surface area contributed by atoms with Crippen molar-refractivity contribution in [2.24, 2.45) is 0 Å². The van der Waals surface area contributed by atoms with E-state index in [1.54, 1.807) is 0 Å². The molecule has 1 atom stereocenters. The largest absolute Gasteiger partial charge is 0.355 e. The molecule has 1 aliphatic heterocycles. The first-order valence-electron chi connectivity index (χ1n) is 4.71. The molecule has 70 valence electrons. The molecular weight excluding hydrogens is 170 g/mol. The first-order chi connectivity index (χ1) is 5.83. The fraction of sp³-hybridized carbons (Fsp3) is 0.889. The fourth-order valence-corrected chi connectivity index (χ4v) is 2.56. The van der Waals surface area contributed by atoms with Gasteiger partial charge >= 0.3 is 0 Å². The number of nitrogens with one attached hydrogen (secondary N) is 1. The molecular formula is C9H17NOS. The normalized spacial score (nSPS) is 23.6. The van der Waals surface area contributed by atoms with Gasteiger partial charge in [0.25, 0.3) is 0 Å². The second kappa shape index (κ2) is 5.46. The molecule has 1 N–H and O–H groups in total. The summed E-state index contributed by atoms with van der Waals surface area (Å²) in [4.78, 5) is 10.9. The summed E-state index contributed by atoms with van der Waals surface area (Å²) in [6.45, 7) is 2.76.